The van der Waals surface area contributed by atoms with Crippen LogP contribution in [0.2, 0.25) is 0 Å². The molecule has 0 spiro atoms. The molecule has 0 bridgehead atoms. The summed E-state index contributed by atoms with van der Waals surface area (Å²) in [4.78, 5) is 20.0. The zero-order valence-electron chi connectivity index (χ0n) is 7.38. The number of carbonyl (C=O) groups is 2. The number of carboxylic acids is 2. The van der Waals surface area contributed by atoms with E-state index >= 15 is 0 Å². The smallest absolute Gasteiger partial charge is 0.550 e. The van der Waals surface area contributed by atoms with Crippen LogP contribution in [0.3, 0.4) is 0 Å². The predicted molar refractivity (Wildman–Crippen MR) is 37.6 cm³/mol. The van der Waals surface area contributed by atoms with E-state index in [0.717, 1.165) is 0 Å². The van der Waals surface area contributed by atoms with Gasteiger partial charge in [-0.25, -0.2) is 0 Å². The van der Waals surface area contributed by atoms with E-state index in [1.807, 2.05) is 0 Å². The second kappa shape index (κ2) is 7.93. The molecule has 0 aromatic carbocycles. The molecule has 5 heteroatoms. The Kier molecular flexibility index (Phi) is 9.03. The average Bonchev–Trinajstić information content (AvgIpc) is 1.97. The van der Waals surface area contributed by atoms with Crippen molar-refractivity contribution in [2.45, 2.75) is 25.7 Å². The van der Waals surface area contributed by atoms with Crippen molar-refractivity contribution in [3.63, 3.8) is 0 Å². The zero-order valence-corrected chi connectivity index (χ0v) is 10.3. The van der Waals surface area contributed by atoms with Crippen molar-refractivity contribution in [2.24, 2.45) is 0 Å². The molecule has 0 rings (SSSR count). The number of carboxylic acid groups (broad SMARTS) is 2. The first-order valence-corrected chi connectivity index (χ1v) is 3.63. The third-order valence-corrected chi connectivity index (χ3v) is 1.40. The van der Waals surface area contributed by atoms with E-state index < -0.39 is 11.9 Å². The van der Waals surface area contributed by atoms with Crippen molar-refractivity contribution in [2.75, 3.05) is 0 Å². The third-order valence-electron chi connectivity index (χ3n) is 1.40. The van der Waals surface area contributed by atoms with Gasteiger partial charge in [0.05, 0.1) is 5.97 Å². The number of hydrogen-bond acceptors (Lipinski definition) is 4. The topological polar surface area (TPSA) is 80.3 Å². The molecular weight excluding hydrogens is 225 g/mol. The van der Waals surface area contributed by atoms with Gasteiger partial charge >= 0.3 is 19.5 Å². The minimum Gasteiger partial charge on any atom is -0.550 e. The summed E-state index contributed by atoms with van der Waals surface area (Å²) in [6, 6.07) is 0. The van der Waals surface area contributed by atoms with E-state index in [1.165, 1.54) is 0 Å². The normalized spacial score (nSPS) is 8.62. The molecule has 0 radical (unpaired) electrons. The first kappa shape index (κ1) is 14.8. The molecule has 0 amide bonds. The molecule has 68 valence electrons. The SMILES string of the molecule is C=C(CCCCC(=O)[O-])C(=O)[O-].[Zn+2]. The van der Waals surface area contributed by atoms with Crippen LogP contribution in [0, 0.1) is 0 Å². The van der Waals surface area contributed by atoms with Crippen LogP contribution in [-0.4, -0.2) is 11.9 Å². The molecule has 0 aromatic rings. The minimum absolute atomic E-state index is 0. The molecule has 0 atom stereocenters. The molecule has 0 N–H and O–H groups in total. The maximum absolute atomic E-state index is 10.1. The second-order valence-electron chi connectivity index (χ2n) is 2.47. The Hall–Kier alpha value is -0.697. The molecule has 13 heavy (non-hydrogen) atoms. The van der Waals surface area contributed by atoms with Crippen molar-refractivity contribution in [1.29, 1.82) is 0 Å². The van der Waals surface area contributed by atoms with Crippen molar-refractivity contribution in [3.05, 3.63) is 12.2 Å². The molecule has 0 fully saturated rings. The number of carbonyl (C=O) groups excluding carboxylic acids is 2. The minimum atomic E-state index is -1.27. The second-order valence-corrected chi connectivity index (χ2v) is 2.47. The zero-order chi connectivity index (χ0) is 9.56. The molecule has 0 aliphatic heterocycles. The van der Waals surface area contributed by atoms with Gasteiger partial charge in [0.2, 0.25) is 0 Å². The molecule has 0 saturated heterocycles. The standard InChI is InChI=1S/C8H12O4.Zn/c1-6(8(11)12)4-2-3-5-7(9)10;/h1-5H2,(H,9,10)(H,11,12);/q;+2/p-2. The number of unbranched alkanes of at least 4 members (excludes halogenated alkanes) is 1. The summed E-state index contributed by atoms with van der Waals surface area (Å²) >= 11 is 0. The van der Waals surface area contributed by atoms with Gasteiger partial charge in [-0.3, -0.25) is 0 Å². The molecular formula is C8H10O4Zn. The number of rotatable bonds is 6. The summed E-state index contributed by atoms with van der Waals surface area (Å²) in [5.74, 6) is -2.39. The summed E-state index contributed by atoms with van der Waals surface area (Å²) in [5.41, 5.74) is 0.00773. The maximum Gasteiger partial charge on any atom is 2.00 e. The van der Waals surface area contributed by atoms with E-state index in [2.05, 4.69) is 6.58 Å². The fourth-order valence-corrected chi connectivity index (χ4v) is 0.710. The Morgan fingerprint density at radius 2 is 1.54 bits per heavy atom. The van der Waals surface area contributed by atoms with Crippen LogP contribution < -0.4 is 10.2 Å². The van der Waals surface area contributed by atoms with Crippen molar-refractivity contribution in [3.8, 4) is 0 Å². The van der Waals surface area contributed by atoms with Crippen molar-refractivity contribution >= 4 is 11.9 Å². The van der Waals surface area contributed by atoms with Crippen LogP contribution in [0.5, 0.6) is 0 Å². The monoisotopic (exact) mass is 234 g/mol. The largest absolute Gasteiger partial charge is 2.00 e. The average molecular weight is 236 g/mol. The molecule has 0 aliphatic rings. The Balaban J connectivity index is 0. The van der Waals surface area contributed by atoms with Crippen molar-refractivity contribution < 1.29 is 39.3 Å². The predicted octanol–water partition coefficient (Wildman–Crippen LogP) is -1.40. The van der Waals surface area contributed by atoms with Gasteiger partial charge in [0.25, 0.3) is 0 Å². The molecule has 0 aromatic heterocycles. The van der Waals surface area contributed by atoms with Gasteiger partial charge in [-0.1, -0.05) is 6.58 Å². The fourth-order valence-electron chi connectivity index (χ4n) is 0.710. The molecule has 4 nitrogen and oxygen atoms in total. The molecule has 0 unspecified atom stereocenters. The first-order chi connectivity index (χ1) is 5.54. The first-order valence-electron chi connectivity index (χ1n) is 3.63. The van der Waals surface area contributed by atoms with Gasteiger partial charge < -0.3 is 19.8 Å². The third kappa shape index (κ3) is 9.22. The van der Waals surface area contributed by atoms with Gasteiger partial charge in [-0.15, -0.1) is 0 Å². The quantitative estimate of drug-likeness (QED) is 0.322. The van der Waals surface area contributed by atoms with Gasteiger partial charge in [0.15, 0.2) is 0 Å². The van der Waals surface area contributed by atoms with E-state index in [1.54, 1.807) is 0 Å². The maximum atomic E-state index is 10.1. The van der Waals surface area contributed by atoms with Gasteiger partial charge in [0, 0.05) is 5.97 Å². The van der Waals surface area contributed by atoms with Crippen LogP contribution in [-0.2, 0) is 29.1 Å². The van der Waals surface area contributed by atoms with Gasteiger partial charge in [0.1, 0.15) is 0 Å². The van der Waals surface area contributed by atoms with Crippen LogP contribution in [0.25, 0.3) is 0 Å². The van der Waals surface area contributed by atoms with Crippen LogP contribution in [0.1, 0.15) is 25.7 Å². The number of aliphatic carboxylic acids is 2. The van der Waals surface area contributed by atoms with Gasteiger partial charge in [-0.05, 0) is 31.3 Å². The van der Waals surface area contributed by atoms with Gasteiger partial charge in [-0.2, -0.15) is 0 Å². The van der Waals surface area contributed by atoms with E-state index in [9.17, 15) is 19.8 Å². The summed E-state index contributed by atoms with van der Waals surface area (Å²) in [7, 11) is 0. The van der Waals surface area contributed by atoms with Crippen LogP contribution in [0.4, 0.5) is 0 Å². The summed E-state index contributed by atoms with van der Waals surface area (Å²) in [6.45, 7) is 3.25. The summed E-state index contributed by atoms with van der Waals surface area (Å²) in [5, 5.41) is 20.0. The Bertz CT molecular complexity index is 200. The molecule has 0 saturated carbocycles. The Morgan fingerprint density at radius 3 is 1.92 bits per heavy atom. The van der Waals surface area contributed by atoms with Crippen LogP contribution >= 0.6 is 0 Å². The van der Waals surface area contributed by atoms with Crippen molar-refractivity contribution in [1.82, 2.24) is 0 Å². The fraction of sp³-hybridized carbons (Fsp3) is 0.500. The Labute approximate surface area is 89.4 Å². The molecule has 0 aliphatic carbocycles. The summed E-state index contributed by atoms with van der Waals surface area (Å²) in [6.07, 6.45) is 1.13. The van der Waals surface area contributed by atoms with E-state index in [4.69, 9.17) is 0 Å². The van der Waals surface area contributed by atoms with E-state index in [-0.39, 0.29) is 37.9 Å². The number of hydrogen-bond donors (Lipinski definition) is 0. The molecule has 0 heterocycles. The van der Waals surface area contributed by atoms with Crippen LogP contribution in [0.15, 0.2) is 12.2 Å². The summed E-state index contributed by atoms with van der Waals surface area (Å²) < 4.78 is 0. The Morgan fingerprint density at radius 1 is 1.08 bits per heavy atom. The van der Waals surface area contributed by atoms with E-state index in [0.29, 0.717) is 12.8 Å².